The molecule has 2 heteroatoms. The Kier molecular flexibility index (Phi) is 7.43. The summed E-state index contributed by atoms with van der Waals surface area (Å²) in [7, 11) is 0. The number of hydrogen-bond donors (Lipinski definition) is 1. The Morgan fingerprint density at radius 1 is 1.21 bits per heavy atom. The van der Waals surface area contributed by atoms with E-state index in [1.165, 1.54) is 24.0 Å². The highest BCUT2D eigenvalue weighted by Gasteiger charge is 2.16. The molecule has 1 rings (SSSR count). The van der Waals surface area contributed by atoms with Gasteiger partial charge in [0.25, 0.3) is 5.97 Å². The zero-order chi connectivity index (χ0) is 15.1. The quantitative estimate of drug-likeness (QED) is 0.861. The summed E-state index contributed by atoms with van der Waals surface area (Å²) in [6.45, 7) is 12.5. The molecule has 0 atom stereocenters. The van der Waals surface area contributed by atoms with Gasteiger partial charge in [-0.05, 0) is 35.3 Å². The lowest BCUT2D eigenvalue weighted by Crippen LogP contribution is -2.14. The van der Waals surface area contributed by atoms with Gasteiger partial charge in [0.05, 0.1) is 0 Å². The maximum Gasteiger partial charge on any atom is 0.300 e. The molecule has 0 unspecified atom stereocenters. The summed E-state index contributed by atoms with van der Waals surface area (Å²) in [5.74, 6) is -0.0435. The van der Waals surface area contributed by atoms with Crippen molar-refractivity contribution in [3.8, 4) is 0 Å². The summed E-state index contributed by atoms with van der Waals surface area (Å²) >= 11 is 0. The number of carboxylic acids is 1. The van der Waals surface area contributed by atoms with Crippen LogP contribution < -0.4 is 0 Å². The number of aryl methyl sites for hydroxylation is 1. The van der Waals surface area contributed by atoms with E-state index in [-0.39, 0.29) is 5.41 Å². The lowest BCUT2D eigenvalue weighted by Gasteiger charge is -2.23. The van der Waals surface area contributed by atoms with E-state index >= 15 is 0 Å². The molecule has 108 valence electrons. The molecule has 2 nitrogen and oxygen atoms in total. The second kappa shape index (κ2) is 7.98. The fraction of sp³-hybridized carbons (Fsp3) is 0.588. The van der Waals surface area contributed by atoms with Gasteiger partial charge in [-0.15, -0.1) is 0 Å². The first-order valence-electron chi connectivity index (χ1n) is 6.92. The van der Waals surface area contributed by atoms with Crippen molar-refractivity contribution in [2.75, 3.05) is 0 Å². The van der Waals surface area contributed by atoms with Crippen molar-refractivity contribution >= 4 is 5.97 Å². The average Bonchev–Trinajstić information content (AvgIpc) is 2.24. The van der Waals surface area contributed by atoms with Crippen molar-refractivity contribution in [3.05, 3.63) is 35.4 Å². The molecule has 0 bridgehead atoms. The first-order valence-corrected chi connectivity index (χ1v) is 6.92. The summed E-state index contributed by atoms with van der Waals surface area (Å²) < 4.78 is 0. The molecule has 0 amide bonds. The molecule has 1 aromatic rings. The van der Waals surface area contributed by atoms with E-state index in [2.05, 4.69) is 58.9 Å². The highest BCUT2D eigenvalue weighted by atomic mass is 16.4. The second-order valence-electron chi connectivity index (χ2n) is 6.36. The molecule has 19 heavy (non-hydrogen) atoms. The molecule has 0 aliphatic rings. The van der Waals surface area contributed by atoms with Crippen LogP contribution in [-0.2, 0) is 16.6 Å². The maximum absolute atomic E-state index is 9.00. The van der Waals surface area contributed by atoms with Crippen LogP contribution in [0, 0.1) is 5.92 Å². The third-order valence-electron chi connectivity index (χ3n) is 2.82. The van der Waals surface area contributed by atoms with E-state index in [1.807, 2.05) is 0 Å². The van der Waals surface area contributed by atoms with Crippen molar-refractivity contribution in [2.24, 2.45) is 5.92 Å². The number of hydrogen-bond acceptors (Lipinski definition) is 1. The van der Waals surface area contributed by atoms with E-state index in [1.54, 1.807) is 0 Å². The van der Waals surface area contributed by atoms with Gasteiger partial charge in [0.1, 0.15) is 0 Å². The van der Waals surface area contributed by atoms with Crippen LogP contribution in [0.5, 0.6) is 0 Å². The van der Waals surface area contributed by atoms with Crippen molar-refractivity contribution in [3.63, 3.8) is 0 Å². The monoisotopic (exact) mass is 264 g/mol. The van der Waals surface area contributed by atoms with E-state index in [0.29, 0.717) is 0 Å². The van der Waals surface area contributed by atoms with Crippen molar-refractivity contribution < 1.29 is 9.90 Å². The third kappa shape index (κ3) is 8.41. The van der Waals surface area contributed by atoms with E-state index in [0.717, 1.165) is 12.8 Å². The SMILES string of the molecule is CC(=O)O.CC(C)CCc1ccccc1C(C)(C)C. The van der Waals surface area contributed by atoms with Crippen LogP contribution >= 0.6 is 0 Å². The van der Waals surface area contributed by atoms with Gasteiger partial charge in [0.15, 0.2) is 0 Å². The van der Waals surface area contributed by atoms with Crippen molar-refractivity contribution in [2.45, 2.75) is 59.8 Å². The molecule has 1 aromatic carbocycles. The van der Waals surface area contributed by atoms with E-state index < -0.39 is 5.97 Å². The average molecular weight is 264 g/mol. The van der Waals surface area contributed by atoms with Crippen molar-refractivity contribution in [1.82, 2.24) is 0 Å². The molecule has 0 fully saturated rings. The van der Waals surface area contributed by atoms with Gasteiger partial charge in [-0.25, -0.2) is 0 Å². The topological polar surface area (TPSA) is 37.3 Å². The Morgan fingerprint density at radius 2 is 1.68 bits per heavy atom. The minimum absolute atomic E-state index is 0.271. The molecule has 0 heterocycles. The molecule has 0 radical (unpaired) electrons. The lowest BCUT2D eigenvalue weighted by molar-refractivity contribution is -0.134. The smallest absolute Gasteiger partial charge is 0.300 e. The van der Waals surface area contributed by atoms with Crippen LogP contribution in [0.25, 0.3) is 0 Å². The van der Waals surface area contributed by atoms with Gasteiger partial charge in [0, 0.05) is 6.92 Å². The standard InChI is InChI=1S/C15H24.C2H4O2/c1-12(2)10-11-13-8-6-7-9-14(13)15(3,4)5;1-2(3)4/h6-9,12H,10-11H2,1-5H3;1H3,(H,3,4). The normalized spacial score (nSPS) is 10.9. The van der Waals surface area contributed by atoms with Crippen LogP contribution in [0.3, 0.4) is 0 Å². The number of benzene rings is 1. The molecule has 0 aliphatic heterocycles. The predicted molar refractivity (Wildman–Crippen MR) is 81.6 cm³/mol. The molecule has 0 saturated carbocycles. The van der Waals surface area contributed by atoms with Crippen LogP contribution in [0.15, 0.2) is 24.3 Å². The zero-order valence-corrected chi connectivity index (χ0v) is 13.2. The van der Waals surface area contributed by atoms with Crippen molar-refractivity contribution in [1.29, 1.82) is 0 Å². The van der Waals surface area contributed by atoms with Gasteiger partial charge in [-0.1, -0.05) is 58.9 Å². The Morgan fingerprint density at radius 3 is 2.11 bits per heavy atom. The van der Waals surface area contributed by atoms with Crippen LogP contribution in [0.2, 0.25) is 0 Å². The number of carbonyl (C=O) groups is 1. The maximum atomic E-state index is 9.00. The molecule has 0 saturated heterocycles. The summed E-state index contributed by atoms with van der Waals surface area (Å²) in [5, 5.41) is 7.42. The fourth-order valence-electron chi connectivity index (χ4n) is 1.91. The van der Waals surface area contributed by atoms with Gasteiger partial charge >= 0.3 is 0 Å². The molecule has 0 spiro atoms. The first kappa shape index (κ1) is 17.7. The Hall–Kier alpha value is -1.31. The van der Waals surface area contributed by atoms with E-state index in [4.69, 9.17) is 9.90 Å². The summed E-state index contributed by atoms with van der Waals surface area (Å²) in [6.07, 6.45) is 2.50. The Labute approximate surface area is 117 Å². The molecule has 0 aromatic heterocycles. The van der Waals surface area contributed by atoms with Gasteiger partial charge < -0.3 is 5.11 Å². The number of rotatable bonds is 3. The Balaban J connectivity index is 0.000000711. The second-order valence-corrected chi connectivity index (χ2v) is 6.36. The van der Waals surface area contributed by atoms with Crippen LogP contribution in [0.4, 0.5) is 0 Å². The highest BCUT2D eigenvalue weighted by molar-refractivity contribution is 5.62. The van der Waals surface area contributed by atoms with Crippen LogP contribution in [0.1, 0.15) is 59.1 Å². The highest BCUT2D eigenvalue weighted by Crippen LogP contribution is 2.26. The minimum atomic E-state index is -0.833. The summed E-state index contributed by atoms with van der Waals surface area (Å²) in [6, 6.07) is 8.86. The minimum Gasteiger partial charge on any atom is -0.481 e. The fourth-order valence-corrected chi connectivity index (χ4v) is 1.91. The summed E-state index contributed by atoms with van der Waals surface area (Å²) in [4.78, 5) is 9.00. The lowest BCUT2D eigenvalue weighted by atomic mass is 9.82. The predicted octanol–water partition coefficient (Wildman–Crippen LogP) is 4.66. The van der Waals surface area contributed by atoms with Gasteiger partial charge in [-0.3, -0.25) is 4.79 Å². The zero-order valence-electron chi connectivity index (χ0n) is 13.2. The Bertz CT molecular complexity index is 382. The van der Waals surface area contributed by atoms with Gasteiger partial charge in [-0.2, -0.15) is 0 Å². The molecular weight excluding hydrogens is 236 g/mol. The molecule has 0 aliphatic carbocycles. The van der Waals surface area contributed by atoms with Crippen LogP contribution in [-0.4, -0.2) is 11.1 Å². The molecule has 1 N–H and O–H groups in total. The largest absolute Gasteiger partial charge is 0.481 e. The molecular formula is C17H28O2. The summed E-state index contributed by atoms with van der Waals surface area (Å²) in [5.41, 5.74) is 3.30. The third-order valence-corrected chi connectivity index (χ3v) is 2.82. The number of aliphatic carboxylic acids is 1. The van der Waals surface area contributed by atoms with E-state index in [9.17, 15) is 0 Å². The first-order chi connectivity index (χ1) is 8.64. The van der Waals surface area contributed by atoms with Gasteiger partial charge in [0.2, 0.25) is 0 Å². The number of carboxylic acid groups (broad SMARTS) is 1.